The second-order valence-electron chi connectivity index (χ2n) is 40.9. The molecule has 26 heteroatoms. The first-order valence-electron chi connectivity index (χ1n) is 40.7. The lowest BCUT2D eigenvalue weighted by Gasteiger charge is -2.31. The number of nitriles is 1. The van der Waals surface area contributed by atoms with Crippen LogP contribution in [0.25, 0.3) is 0 Å². The highest BCUT2D eigenvalue weighted by atomic mass is 32.2. The quantitative estimate of drug-likeness (QED) is 0.0339. The summed E-state index contributed by atoms with van der Waals surface area (Å²) in [6.07, 6.45) is 29.4. The first kappa shape index (κ1) is 120. The third-order valence-electron chi connectivity index (χ3n) is 16.7. The van der Waals surface area contributed by atoms with Crippen molar-refractivity contribution >= 4 is 68.8 Å². The maximum absolute atomic E-state index is 13.3. The van der Waals surface area contributed by atoms with Gasteiger partial charge in [-0.2, -0.15) is 5.26 Å². The van der Waals surface area contributed by atoms with Gasteiger partial charge in [0.25, 0.3) is 5.91 Å². The summed E-state index contributed by atoms with van der Waals surface area (Å²) in [5.41, 5.74) is -2.24. The van der Waals surface area contributed by atoms with Crippen molar-refractivity contribution in [1.29, 1.82) is 5.26 Å². The Bertz CT molecular complexity index is 3880. The fourth-order valence-corrected chi connectivity index (χ4v) is 9.78. The number of aliphatic hydroxyl groups excluding tert-OH is 1. The lowest BCUT2D eigenvalue weighted by molar-refractivity contribution is -0.156. The molecule has 2 aliphatic heterocycles. The van der Waals surface area contributed by atoms with Crippen LogP contribution in [0.5, 0.6) is 0 Å². The third kappa shape index (κ3) is 55.4. The van der Waals surface area contributed by atoms with Gasteiger partial charge in [-0.05, 0) is 252 Å². The van der Waals surface area contributed by atoms with Crippen LogP contribution in [0.1, 0.15) is 319 Å². The number of carbonyl (C=O) groups is 10. The van der Waals surface area contributed by atoms with Crippen molar-refractivity contribution in [3.63, 3.8) is 0 Å². The maximum atomic E-state index is 13.3. The molecule has 682 valence electrons. The second kappa shape index (κ2) is 51.4. The van der Waals surface area contributed by atoms with Gasteiger partial charge in [-0.1, -0.05) is 114 Å². The predicted octanol–water partition coefficient (Wildman–Crippen LogP) is 17.5. The van der Waals surface area contributed by atoms with Crippen molar-refractivity contribution in [1.82, 2.24) is 31.1 Å². The molecule has 2 heterocycles. The van der Waals surface area contributed by atoms with Gasteiger partial charge in [0.1, 0.15) is 40.2 Å². The molecule has 0 aromatic rings. The van der Waals surface area contributed by atoms with Gasteiger partial charge in [0.05, 0.1) is 24.0 Å². The summed E-state index contributed by atoms with van der Waals surface area (Å²) in [4.78, 5) is 115. The topological polar surface area (TPSA) is 322 Å². The number of hydrogen-bond donors (Lipinski definition) is 5. The van der Waals surface area contributed by atoms with Crippen LogP contribution in [-0.2, 0) is 67.3 Å². The first-order valence-corrected chi connectivity index (χ1v) is 42.3. The molecular formula is C94H154F3N7O15S. The summed E-state index contributed by atoms with van der Waals surface area (Å²) >= 11 is 0. The highest BCUT2D eigenvalue weighted by molar-refractivity contribution is 7.95. The molecule has 6 aliphatic rings. The summed E-state index contributed by atoms with van der Waals surface area (Å²) < 4.78 is 69.8. The molecule has 6 amide bonds. The van der Waals surface area contributed by atoms with E-state index in [-0.39, 0.29) is 120 Å². The summed E-state index contributed by atoms with van der Waals surface area (Å²) in [5.74, 6) is 3.53. The number of esters is 2. The van der Waals surface area contributed by atoms with Crippen LogP contribution in [0.15, 0.2) is 70.5 Å². The number of sulfone groups is 1. The van der Waals surface area contributed by atoms with Crippen LogP contribution in [0.3, 0.4) is 0 Å². The van der Waals surface area contributed by atoms with Gasteiger partial charge in [-0.15, -0.1) is 19.3 Å². The Morgan fingerprint density at radius 3 is 1.25 bits per heavy atom. The lowest BCUT2D eigenvalue weighted by atomic mass is 9.82. The zero-order valence-corrected chi connectivity index (χ0v) is 80.7. The van der Waals surface area contributed by atoms with Crippen LogP contribution < -0.4 is 21.3 Å². The minimum absolute atomic E-state index is 0.00743. The number of rotatable bonds is 10. The minimum Gasteiger partial charge on any atom is -0.464 e. The fraction of sp³-hybridized carbons (Fsp3) is 0.691. The molecule has 0 radical (unpaired) electrons. The molecule has 120 heavy (non-hydrogen) atoms. The predicted molar refractivity (Wildman–Crippen MR) is 477 cm³/mol. The van der Waals surface area contributed by atoms with Crippen LogP contribution in [-0.4, -0.2) is 153 Å². The number of Topliss-reactive ketones (excluding diaryl/α,β-unsaturated/α-hetero) is 2. The number of nitrogens with one attached hydrogen (secondary N) is 4. The normalized spacial score (nSPS) is 16.2. The number of nitrogens with zero attached hydrogens (tertiary/aromatic N) is 3. The number of ether oxygens (including phenoxy) is 2. The number of ketones is 2. The Morgan fingerprint density at radius 1 is 0.608 bits per heavy atom. The average Bonchev–Trinajstić information content (AvgIpc) is 1.62. The van der Waals surface area contributed by atoms with Gasteiger partial charge in [0.2, 0.25) is 29.5 Å². The molecule has 0 saturated heterocycles. The Labute approximate surface area is 721 Å². The van der Waals surface area contributed by atoms with Crippen LogP contribution >= 0.6 is 0 Å². The Hall–Kier alpha value is -8.59. The van der Waals surface area contributed by atoms with Crippen molar-refractivity contribution in [3.8, 4) is 43.1 Å². The number of terminal acetylenes is 3. The van der Waals surface area contributed by atoms with E-state index in [1.165, 1.54) is 20.8 Å². The van der Waals surface area contributed by atoms with Gasteiger partial charge in [0, 0.05) is 92.8 Å². The number of allylic oxidation sites excluding steroid dienone is 3. The molecule has 22 nitrogen and oxygen atoms in total. The molecule has 0 spiro atoms. The molecular weight excluding hydrogens is 1560 g/mol. The van der Waals surface area contributed by atoms with Gasteiger partial charge in [0.15, 0.2) is 15.6 Å². The molecule has 5 N–H and O–H groups in total. The Kier molecular flexibility index (Phi) is 51.3. The van der Waals surface area contributed by atoms with Crippen LogP contribution in [0.4, 0.5) is 13.2 Å². The van der Waals surface area contributed by atoms with Gasteiger partial charge >= 0.3 is 11.9 Å². The zero-order chi connectivity index (χ0) is 96.0. The van der Waals surface area contributed by atoms with Gasteiger partial charge < -0.3 is 45.6 Å². The minimum atomic E-state index is -3.07. The third-order valence-corrected chi connectivity index (χ3v) is 18.9. The maximum Gasteiger partial charge on any atom is 0.384 e. The average molecular weight is 1710 g/mol. The van der Waals surface area contributed by atoms with E-state index in [4.69, 9.17) is 34.4 Å². The summed E-state index contributed by atoms with van der Waals surface area (Å²) in [6.45, 7) is 70.6. The molecule has 1 atom stereocenters. The smallest absolute Gasteiger partial charge is 0.384 e. The van der Waals surface area contributed by atoms with Crippen LogP contribution in [0.2, 0.25) is 0 Å². The molecule has 1 unspecified atom stereocenters. The van der Waals surface area contributed by atoms with Crippen molar-refractivity contribution in [2.45, 2.75) is 364 Å². The second-order valence-corrected chi connectivity index (χ2v) is 43.5. The zero-order valence-electron chi connectivity index (χ0n) is 79.8. The fourth-order valence-electron chi connectivity index (χ4n) is 9.28. The van der Waals surface area contributed by atoms with E-state index in [9.17, 15) is 69.5 Å². The molecule has 2 saturated carbocycles. The van der Waals surface area contributed by atoms with E-state index >= 15 is 0 Å². The highest BCUT2D eigenvalue weighted by Crippen LogP contribution is 2.50. The standard InChI is InChI=1S/C11H18FNO.C11H18O3.C10H16FNO.C9H16FNO.C9H13NO.2C8H13NO.C8H12O2.C7H11NO.C7H12O.C6H12O2S/c1-11(2,3)13-10(14)8-6-4-5-7-9(8)12;1-8(12)11(5-6-11)9(13)14-7-10(2,3)4;1-10(2,3)12-9(13)7-5-4-6-8(7)11;1-6(7(2)10)8(12)11-9(3,4)5;1-8(2,3)7(11)9(6-10)4-5-9;1-8(2,3)9-6-4-5-7(9)10;1-7(2)9-6-4-3-5-8(9)10;1-5-7(9)10-6-8(2,3)4;1-5-6(9)8-7(2,3)4;1-5-6(8)7(2,3)4;1-5-9(7,8)6(2,3)4/h4-7H2,1-3H3,(H,13,14);5-7H2,1-4H3;4-6H2,1-3H3,(H,12,13);1-5H3,(H,11,12);4-5H2,1-3H3;4-5H,6H2,1-3H3;3-4,7H,5-6H2,1-2H3;1H,6H2,2-4H3;1H,2-4H3,(H,8,9);1,6,8H,2-4H3;5H,1H2,2-4H3/b;;;7-6-;;;;;;;. The van der Waals surface area contributed by atoms with E-state index in [1.807, 2.05) is 241 Å². The van der Waals surface area contributed by atoms with Crippen LogP contribution in [0, 0.1) is 80.9 Å². The Morgan fingerprint density at radius 2 is 1.02 bits per heavy atom. The molecule has 4 aliphatic carbocycles. The van der Waals surface area contributed by atoms with E-state index in [2.05, 4.69) is 44.6 Å². The lowest BCUT2D eigenvalue weighted by Crippen LogP contribution is -2.42. The van der Waals surface area contributed by atoms with Crippen molar-refractivity contribution in [2.75, 3.05) is 26.3 Å². The molecule has 6 rings (SSSR count). The number of halogens is 3. The van der Waals surface area contributed by atoms with Crippen molar-refractivity contribution in [3.05, 3.63) is 70.5 Å². The van der Waals surface area contributed by atoms with E-state index in [0.717, 1.165) is 50.6 Å². The monoisotopic (exact) mass is 1710 g/mol. The van der Waals surface area contributed by atoms with Crippen molar-refractivity contribution < 1.29 is 84.1 Å². The SMILES string of the molecule is C#CC(=O)NC(C)(C)C.C#CC(=O)OCC(C)(C)C.C#CC(O)C(C)(C)C.C/C(F)=C(\C)C(=O)NC(C)(C)C.C=CS(=O)(=O)C(C)(C)C.CC(=O)C1(C(=O)OCC(C)(C)C)CC1.CC(C)(C)C(=O)C1(C#N)CC1.CC(C)(C)N1CC=CC1=O.CC(C)(C)NC(=O)C1=C(F)CCC1.CC(C)(C)NC(=O)C1=C(F)CCCC1.CC(C)N1CC=CCC1=O. The molecule has 0 aromatic carbocycles. The van der Waals surface area contributed by atoms with E-state index < -0.39 is 43.3 Å². The Balaban J connectivity index is -0.000000406. The van der Waals surface area contributed by atoms with E-state index in [1.54, 1.807) is 26.8 Å². The van der Waals surface area contributed by atoms with Gasteiger partial charge in [-0.3, -0.25) is 43.2 Å². The first-order chi connectivity index (χ1) is 53.7. The summed E-state index contributed by atoms with van der Waals surface area (Å²) in [7, 11) is -3.07. The number of carbonyl (C=O) groups excluding carboxylic acids is 10. The molecule has 0 aromatic heterocycles. The number of hydrogen-bond acceptors (Lipinski definition) is 16. The van der Waals surface area contributed by atoms with Crippen molar-refractivity contribution in [2.24, 2.45) is 32.5 Å². The number of amides is 6. The van der Waals surface area contributed by atoms with E-state index in [0.29, 0.717) is 75.3 Å². The number of aliphatic hydroxyl groups is 1. The molecule has 0 bridgehead atoms. The summed E-state index contributed by atoms with van der Waals surface area (Å²) in [6, 6.07) is 2.45. The highest BCUT2D eigenvalue weighted by Gasteiger charge is 2.56. The summed E-state index contributed by atoms with van der Waals surface area (Å²) in [5, 5.41) is 29.5. The largest absolute Gasteiger partial charge is 0.464 e. The molecule has 2 fully saturated rings. The van der Waals surface area contributed by atoms with Gasteiger partial charge in [-0.25, -0.2) is 26.4 Å².